The van der Waals surface area contributed by atoms with Crippen molar-refractivity contribution in [2.24, 2.45) is 11.7 Å². The average Bonchev–Trinajstić information content (AvgIpc) is 2.39. The van der Waals surface area contributed by atoms with Crippen LogP contribution in [0.25, 0.3) is 0 Å². The number of nitrogens with zero attached hydrogens (tertiary/aromatic N) is 2. The highest BCUT2D eigenvalue weighted by atomic mass is 32.2. The summed E-state index contributed by atoms with van der Waals surface area (Å²) in [6.07, 6.45) is 5.94. The number of likely N-dealkylation sites (N-methyl/N-ethyl adjacent to an activating group) is 1. The first kappa shape index (κ1) is 15.2. The summed E-state index contributed by atoms with van der Waals surface area (Å²) < 4.78 is 28.4. The molecule has 19 heavy (non-hydrogen) atoms. The fourth-order valence-corrected chi connectivity index (χ4v) is 4.80. The monoisotopic (exact) mass is 289 g/mol. The van der Waals surface area contributed by atoms with Crippen LogP contribution in [-0.2, 0) is 10.2 Å². The Morgan fingerprint density at radius 1 is 1.11 bits per heavy atom. The minimum absolute atomic E-state index is 0.0164. The lowest BCUT2D eigenvalue weighted by Crippen LogP contribution is -2.55. The SMILES string of the molecule is CC1CCN(S(=O)(=O)N(C)C2CCCCC2N)CC1. The Labute approximate surface area is 117 Å². The van der Waals surface area contributed by atoms with Gasteiger partial charge in [-0.05, 0) is 31.6 Å². The first-order valence-corrected chi connectivity index (χ1v) is 8.81. The van der Waals surface area contributed by atoms with Crippen molar-refractivity contribution < 1.29 is 8.42 Å². The largest absolute Gasteiger partial charge is 0.326 e. The quantitative estimate of drug-likeness (QED) is 0.848. The molecule has 0 spiro atoms. The summed E-state index contributed by atoms with van der Waals surface area (Å²) in [7, 11) is -1.63. The molecule has 2 fully saturated rings. The van der Waals surface area contributed by atoms with Gasteiger partial charge >= 0.3 is 0 Å². The Bertz CT molecular complexity index is 391. The lowest BCUT2D eigenvalue weighted by atomic mass is 9.91. The number of hydrogen-bond donors (Lipinski definition) is 1. The van der Waals surface area contributed by atoms with E-state index < -0.39 is 10.2 Å². The molecule has 1 heterocycles. The van der Waals surface area contributed by atoms with Crippen LogP contribution < -0.4 is 5.73 Å². The molecule has 1 aliphatic heterocycles. The molecule has 2 atom stereocenters. The summed E-state index contributed by atoms with van der Waals surface area (Å²) in [5, 5.41) is 0. The first-order chi connectivity index (χ1) is 8.93. The van der Waals surface area contributed by atoms with Crippen LogP contribution in [0.1, 0.15) is 45.4 Å². The molecule has 0 aromatic carbocycles. The van der Waals surface area contributed by atoms with E-state index in [4.69, 9.17) is 5.73 Å². The molecule has 112 valence electrons. The van der Waals surface area contributed by atoms with E-state index in [1.165, 1.54) is 4.31 Å². The maximum atomic E-state index is 12.6. The molecular formula is C13H27N3O2S. The number of nitrogens with two attached hydrogens (primary N) is 1. The van der Waals surface area contributed by atoms with Crippen molar-refractivity contribution in [3.8, 4) is 0 Å². The predicted octanol–water partition coefficient (Wildman–Crippen LogP) is 1.16. The molecule has 0 aromatic heterocycles. The highest BCUT2D eigenvalue weighted by Gasteiger charge is 2.36. The lowest BCUT2D eigenvalue weighted by Gasteiger charge is -2.39. The van der Waals surface area contributed by atoms with Gasteiger partial charge in [-0.15, -0.1) is 0 Å². The molecule has 1 saturated heterocycles. The second kappa shape index (κ2) is 6.08. The van der Waals surface area contributed by atoms with Crippen molar-refractivity contribution in [2.45, 2.75) is 57.5 Å². The standard InChI is InChI=1S/C13H27N3O2S/c1-11-7-9-16(10-8-11)19(17,18)15(2)13-6-4-3-5-12(13)14/h11-13H,3-10,14H2,1-2H3. The van der Waals surface area contributed by atoms with Crippen LogP contribution in [-0.4, -0.2) is 49.2 Å². The van der Waals surface area contributed by atoms with Crippen LogP contribution in [0.4, 0.5) is 0 Å². The smallest absolute Gasteiger partial charge is 0.282 e. The Morgan fingerprint density at radius 3 is 2.26 bits per heavy atom. The second-order valence-corrected chi connectivity index (χ2v) is 8.11. The van der Waals surface area contributed by atoms with E-state index in [-0.39, 0.29) is 12.1 Å². The summed E-state index contributed by atoms with van der Waals surface area (Å²) in [4.78, 5) is 0. The van der Waals surface area contributed by atoms with Gasteiger partial charge in [-0.2, -0.15) is 17.0 Å². The molecule has 2 aliphatic rings. The molecule has 0 aromatic rings. The van der Waals surface area contributed by atoms with Crippen LogP contribution in [0.2, 0.25) is 0 Å². The molecule has 0 radical (unpaired) electrons. The number of rotatable bonds is 3. The molecule has 5 nitrogen and oxygen atoms in total. The van der Waals surface area contributed by atoms with Gasteiger partial charge < -0.3 is 5.73 Å². The second-order valence-electron chi connectivity index (χ2n) is 6.12. The maximum Gasteiger partial charge on any atom is 0.282 e. The van der Waals surface area contributed by atoms with Gasteiger partial charge in [0.1, 0.15) is 0 Å². The van der Waals surface area contributed by atoms with Crippen LogP contribution in [0, 0.1) is 5.92 Å². The fraction of sp³-hybridized carbons (Fsp3) is 1.00. The maximum absolute atomic E-state index is 12.6. The predicted molar refractivity (Wildman–Crippen MR) is 76.9 cm³/mol. The van der Waals surface area contributed by atoms with Crippen molar-refractivity contribution in [1.82, 2.24) is 8.61 Å². The molecular weight excluding hydrogens is 262 g/mol. The Balaban J connectivity index is 2.05. The van der Waals surface area contributed by atoms with Gasteiger partial charge in [0, 0.05) is 32.2 Å². The van der Waals surface area contributed by atoms with Gasteiger partial charge in [-0.1, -0.05) is 19.8 Å². The van der Waals surface area contributed by atoms with Gasteiger partial charge in [0.2, 0.25) is 0 Å². The van der Waals surface area contributed by atoms with Gasteiger partial charge in [0.15, 0.2) is 0 Å². The molecule has 0 bridgehead atoms. The zero-order valence-electron chi connectivity index (χ0n) is 12.1. The lowest BCUT2D eigenvalue weighted by molar-refractivity contribution is 0.220. The topological polar surface area (TPSA) is 66.6 Å². The Kier molecular flexibility index (Phi) is 4.87. The van der Waals surface area contributed by atoms with Crippen LogP contribution in [0.3, 0.4) is 0 Å². The minimum Gasteiger partial charge on any atom is -0.326 e. The number of hydrogen-bond acceptors (Lipinski definition) is 3. The summed E-state index contributed by atoms with van der Waals surface area (Å²) in [6.45, 7) is 3.48. The van der Waals surface area contributed by atoms with E-state index in [1.807, 2.05) is 0 Å². The summed E-state index contributed by atoms with van der Waals surface area (Å²) in [5.41, 5.74) is 6.10. The van der Waals surface area contributed by atoms with Gasteiger partial charge in [-0.25, -0.2) is 0 Å². The van der Waals surface area contributed by atoms with Crippen molar-refractivity contribution in [3.63, 3.8) is 0 Å². The summed E-state index contributed by atoms with van der Waals surface area (Å²) in [6, 6.07) is -0.0460. The molecule has 0 amide bonds. The van der Waals surface area contributed by atoms with Crippen LogP contribution in [0.15, 0.2) is 0 Å². The van der Waals surface area contributed by atoms with Crippen LogP contribution >= 0.6 is 0 Å². The minimum atomic E-state index is -3.33. The molecule has 6 heteroatoms. The van der Waals surface area contributed by atoms with Crippen molar-refractivity contribution in [1.29, 1.82) is 0 Å². The van der Waals surface area contributed by atoms with Crippen molar-refractivity contribution in [2.75, 3.05) is 20.1 Å². The fourth-order valence-electron chi connectivity index (χ4n) is 3.16. The normalized spacial score (nSPS) is 31.8. The highest BCUT2D eigenvalue weighted by molar-refractivity contribution is 7.86. The van der Waals surface area contributed by atoms with Crippen molar-refractivity contribution in [3.05, 3.63) is 0 Å². The molecule has 1 aliphatic carbocycles. The average molecular weight is 289 g/mol. The summed E-state index contributed by atoms with van der Waals surface area (Å²) in [5.74, 6) is 0.633. The Hall–Kier alpha value is -0.170. The van der Waals surface area contributed by atoms with Crippen molar-refractivity contribution >= 4 is 10.2 Å². The van der Waals surface area contributed by atoms with E-state index in [2.05, 4.69) is 6.92 Å². The molecule has 2 unspecified atom stereocenters. The van der Waals surface area contributed by atoms with Crippen LogP contribution in [0.5, 0.6) is 0 Å². The molecule has 2 N–H and O–H groups in total. The number of piperidine rings is 1. The van der Waals surface area contributed by atoms with E-state index in [0.717, 1.165) is 38.5 Å². The Morgan fingerprint density at radius 2 is 1.68 bits per heavy atom. The van der Waals surface area contributed by atoms with E-state index in [0.29, 0.717) is 19.0 Å². The highest BCUT2D eigenvalue weighted by Crippen LogP contribution is 2.26. The van der Waals surface area contributed by atoms with Gasteiger partial charge in [-0.3, -0.25) is 0 Å². The van der Waals surface area contributed by atoms with E-state index in [9.17, 15) is 8.42 Å². The third kappa shape index (κ3) is 3.29. The zero-order valence-corrected chi connectivity index (χ0v) is 12.9. The van der Waals surface area contributed by atoms with E-state index in [1.54, 1.807) is 11.4 Å². The third-order valence-corrected chi connectivity index (χ3v) is 6.70. The summed E-state index contributed by atoms with van der Waals surface area (Å²) >= 11 is 0. The van der Waals surface area contributed by atoms with E-state index >= 15 is 0 Å². The zero-order chi connectivity index (χ0) is 14.0. The first-order valence-electron chi connectivity index (χ1n) is 7.41. The van der Waals surface area contributed by atoms with Gasteiger partial charge in [0.25, 0.3) is 10.2 Å². The molecule has 1 saturated carbocycles. The third-order valence-electron chi connectivity index (χ3n) is 4.68. The molecule has 2 rings (SSSR count). The van der Waals surface area contributed by atoms with Gasteiger partial charge in [0.05, 0.1) is 0 Å².